The van der Waals surface area contributed by atoms with E-state index in [0.717, 1.165) is 12.7 Å². The molecule has 0 heterocycles. The highest BCUT2D eigenvalue weighted by atomic mass is 16.6. The third-order valence-corrected chi connectivity index (χ3v) is 3.83. The monoisotopic (exact) mass is 378 g/mol. The molecular weight excluding hydrogens is 348 g/mol. The summed E-state index contributed by atoms with van der Waals surface area (Å²) in [5.41, 5.74) is -0.141. The van der Waals surface area contributed by atoms with Crippen molar-refractivity contribution in [2.24, 2.45) is 0 Å². The molecule has 0 aromatic rings. The van der Waals surface area contributed by atoms with Crippen molar-refractivity contribution in [1.82, 2.24) is 0 Å². The van der Waals surface area contributed by atoms with Gasteiger partial charge in [-0.2, -0.15) is 0 Å². The predicted molar refractivity (Wildman–Crippen MR) is 106 cm³/mol. The van der Waals surface area contributed by atoms with Crippen molar-refractivity contribution >= 4 is 6.29 Å². The first-order valence-corrected chi connectivity index (χ1v) is 9.43. The van der Waals surface area contributed by atoms with Gasteiger partial charge in [-0.3, -0.25) is 20.2 Å². The third kappa shape index (κ3) is 14.3. The van der Waals surface area contributed by atoms with E-state index in [1.54, 1.807) is 6.08 Å². The Morgan fingerprint density at radius 1 is 0.778 bits per heavy atom. The fraction of sp³-hybridized carbons (Fsp3) is 0.550. The fourth-order valence-electron chi connectivity index (χ4n) is 2.26. The highest BCUT2D eigenvalue weighted by Crippen LogP contribution is 2.12. The van der Waals surface area contributed by atoms with E-state index in [0.29, 0.717) is 25.7 Å². The Morgan fingerprint density at radius 2 is 1.44 bits per heavy atom. The molecule has 0 radical (unpaired) electrons. The summed E-state index contributed by atoms with van der Waals surface area (Å²) >= 11 is 0. The lowest BCUT2D eigenvalue weighted by molar-refractivity contribution is -0.431. The summed E-state index contributed by atoms with van der Waals surface area (Å²) in [6, 6.07) is 0. The summed E-state index contributed by atoms with van der Waals surface area (Å²) in [5.74, 6) is 0. The van der Waals surface area contributed by atoms with Crippen molar-refractivity contribution in [2.75, 3.05) is 0 Å². The standard InChI is InChI=1S/C20H30N2O5/c1-2-3-4-5-6-7-8-9-11-14-19(21(24)25)16-17-20(22(26)27)15-12-10-13-18-23/h6-7,9,11,15-16,18H,2-5,8,10,12-14,17H2,1H3/b7-6-,11-9-,19-16+,20-15+. The summed E-state index contributed by atoms with van der Waals surface area (Å²) in [5, 5.41) is 22.1. The summed E-state index contributed by atoms with van der Waals surface area (Å²) in [4.78, 5) is 31.3. The van der Waals surface area contributed by atoms with Crippen molar-refractivity contribution in [3.05, 3.63) is 68.1 Å². The van der Waals surface area contributed by atoms with Crippen LogP contribution in [0.4, 0.5) is 0 Å². The van der Waals surface area contributed by atoms with Gasteiger partial charge in [0.15, 0.2) is 0 Å². The second-order valence-electron chi connectivity index (χ2n) is 6.09. The van der Waals surface area contributed by atoms with E-state index in [2.05, 4.69) is 13.0 Å². The minimum atomic E-state index is -0.534. The molecule has 0 saturated carbocycles. The maximum absolute atomic E-state index is 11.1. The first kappa shape index (κ1) is 24.4. The van der Waals surface area contributed by atoms with Crippen LogP contribution in [0.25, 0.3) is 0 Å². The van der Waals surface area contributed by atoms with Crippen molar-refractivity contribution in [1.29, 1.82) is 0 Å². The van der Waals surface area contributed by atoms with Gasteiger partial charge < -0.3 is 4.79 Å². The van der Waals surface area contributed by atoms with Crippen LogP contribution in [0.1, 0.15) is 71.1 Å². The van der Waals surface area contributed by atoms with Crippen LogP contribution < -0.4 is 0 Å². The normalized spacial score (nSPS) is 12.8. The lowest BCUT2D eigenvalue weighted by Crippen LogP contribution is -2.01. The second-order valence-corrected chi connectivity index (χ2v) is 6.09. The van der Waals surface area contributed by atoms with Crippen LogP contribution in [0.15, 0.2) is 47.9 Å². The first-order valence-electron chi connectivity index (χ1n) is 9.43. The van der Waals surface area contributed by atoms with Gasteiger partial charge in [0, 0.05) is 6.42 Å². The number of nitro groups is 2. The quantitative estimate of drug-likeness (QED) is 0.115. The number of unbranched alkanes of at least 4 members (excludes halogenated alkanes) is 5. The zero-order chi connectivity index (χ0) is 20.3. The number of nitrogens with zero attached hydrogens (tertiary/aromatic N) is 2. The number of hydrogen-bond acceptors (Lipinski definition) is 5. The number of carbonyl (C=O) groups is 1. The van der Waals surface area contributed by atoms with Crippen molar-refractivity contribution in [3.63, 3.8) is 0 Å². The molecule has 0 unspecified atom stereocenters. The first-order chi connectivity index (χ1) is 13.0. The van der Waals surface area contributed by atoms with Gasteiger partial charge in [0.25, 0.3) is 0 Å². The van der Waals surface area contributed by atoms with E-state index in [4.69, 9.17) is 0 Å². The van der Waals surface area contributed by atoms with Crippen LogP contribution in [0.5, 0.6) is 0 Å². The lowest BCUT2D eigenvalue weighted by Gasteiger charge is -1.97. The maximum atomic E-state index is 11.1. The largest absolute Gasteiger partial charge is 0.303 e. The topological polar surface area (TPSA) is 103 Å². The van der Waals surface area contributed by atoms with Gasteiger partial charge in [-0.05, 0) is 44.3 Å². The molecule has 0 rings (SSSR count). The molecule has 0 aliphatic rings. The SMILES string of the molecule is CCCCC/C=C\C/C=C\C/C(=C\C/C(=C\CCCC=O)[N+](=O)[O-])[N+](=O)[O-]. The van der Waals surface area contributed by atoms with E-state index in [-0.39, 0.29) is 24.2 Å². The van der Waals surface area contributed by atoms with Gasteiger partial charge in [-0.1, -0.05) is 44.1 Å². The van der Waals surface area contributed by atoms with Gasteiger partial charge >= 0.3 is 0 Å². The van der Waals surface area contributed by atoms with Crippen LogP contribution in [-0.2, 0) is 4.79 Å². The Morgan fingerprint density at radius 3 is 2.07 bits per heavy atom. The molecule has 27 heavy (non-hydrogen) atoms. The zero-order valence-electron chi connectivity index (χ0n) is 16.0. The molecule has 0 atom stereocenters. The van der Waals surface area contributed by atoms with Gasteiger partial charge in [0.05, 0.1) is 22.7 Å². The molecule has 0 N–H and O–H groups in total. The van der Waals surface area contributed by atoms with Crippen molar-refractivity contribution in [3.8, 4) is 0 Å². The van der Waals surface area contributed by atoms with Crippen LogP contribution in [0, 0.1) is 20.2 Å². The summed E-state index contributed by atoms with van der Waals surface area (Å²) in [7, 11) is 0. The van der Waals surface area contributed by atoms with Crippen LogP contribution in [0.3, 0.4) is 0 Å². The zero-order valence-corrected chi connectivity index (χ0v) is 16.0. The number of hydrogen-bond donors (Lipinski definition) is 0. The molecule has 150 valence electrons. The van der Waals surface area contributed by atoms with Gasteiger partial charge in [-0.15, -0.1) is 0 Å². The predicted octanol–water partition coefficient (Wildman–Crippen LogP) is 5.54. The van der Waals surface area contributed by atoms with E-state index >= 15 is 0 Å². The second kappa shape index (κ2) is 16.9. The summed E-state index contributed by atoms with van der Waals surface area (Å²) in [6.07, 6.45) is 17.8. The van der Waals surface area contributed by atoms with E-state index in [9.17, 15) is 25.0 Å². The van der Waals surface area contributed by atoms with Gasteiger partial charge in [0.1, 0.15) is 6.29 Å². The average molecular weight is 378 g/mol. The van der Waals surface area contributed by atoms with E-state index in [1.807, 2.05) is 12.2 Å². The molecule has 0 aromatic heterocycles. The smallest absolute Gasteiger partial charge is 0.246 e. The molecule has 0 amide bonds. The van der Waals surface area contributed by atoms with Crippen molar-refractivity contribution in [2.45, 2.75) is 71.1 Å². The van der Waals surface area contributed by atoms with Gasteiger partial charge in [-0.25, -0.2) is 0 Å². The number of rotatable bonds is 16. The molecule has 0 aliphatic heterocycles. The van der Waals surface area contributed by atoms with Crippen LogP contribution in [0.2, 0.25) is 0 Å². The van der Waals surface area contributed by atoms with E-state index in [1.165, 1.54) is 31.4 Å². The van der Waals surface area contributed by atoms with Gasteiger partial charge in [0.2, 0.25) is 11.4 Å². The molecule has 0 aliphatic carbocycles. The Labute approximate surface area is 160 Å². The molecule has 0 saturated heterocycles. The highest BCUT2D eigenvalue weighted by molar-refractivity contribution is 5.49. The Balaban J connectivity index is 4.54. The van der Waals surface area contributed by atoms with Crippen LogP contribution >= 0.6 is 0 Å². The minimum Gasteiger partial charge on any atom is -0.303 e. The Hall–Kier alpha value is -2.57. The third-order valence-electron chi connectivity index (χ3n) is 3.83. The van der Waals surface area contributed by atoms with Crippen LogP contribution in [-0.4, -0.2) is 16.1 Å². The summed E-state index contributed by atoms with van der Waals surface area (Å²) in [6.45, 7) is 2.16. The number of aldehydes is 1. The fourth-order valence-corrected chi connectivity index (χ4v) is 2.26. The molecule has 0 bridgehead atoms. The number of carbonyl (C=O) groups excluding carboxylic acids is 1. The highest BCUT2D eigenvalue weighted by Gasteiger charge is 2.13. The van der Waals surface area contributed by atoms with Crippen molar-refractivity contribution < 1.29 is 14.6 Å². The average Bonchev–Trinajstić information content (AvgIpc) is 2.63. The minimum absolute atomic E-state index is 0.0567. The maximum Gasteiger partial charge on any atom is 0.246 e. The Kier molecular flexibility index (Phi) is 15.3. The summed E-state index contributed by atoms with van der Waals surface area (Å²) < 4.78 is 0. The molecule has 0 fully saturated rings. The molecule has 0 aromatic carbocycles. The lowest BCUT2D eigenvalue weighted by atomic mass is 10.1. The molecule has 7 nitrogen and oxygen atoms in total. The molecule has 0 spiro atoms. The Bertz CT molecular complexity index is 577. The van der Waals surface area contributed by atoms with E-state index < -0.39 is 9.85 Å². The molecule has 7 heteroatoms. The number of allylic oxidation sites excluding steroid dienone is 6. The molecular formula is C20H30N2O5.